The number of halogens is 1. The molecular weight excluding hydrogens is 388 g/mol. The molecule has 0 atom stereocenters. The monoisotopic (exact) mass is 398 g/mol. The number of carbonyl (C=O) groups excluding carboxylic acids is 1. The van der Waals surface area contributed by atoms with Crippen molar-refractivity contribution >= 4 is 39.6 Å². The molecule has 6 nitrogen and oxygen atoms in total. The Morgan fingerprint density at radius 1 is 1.12 bits per heavy atom. The smallest absolute Gasteiger partial charge is 0.363 e. The quantitative estimate of drug-likeness (QED) is 0.333. The van der Waals surface area contributed by atoms with Gasteiger partial charge in [0.1, 0.15) is 0 Å². The molecule has 0 spiro atoms. The van der Waals surface area contributed by atoms with Gasteiger partial charge in [0.2, 0.25) is 5.90 Å². The summed E-state index contributed by atoms with van der Waals surface area (Å²) in [7, 11) is 0. The van der Waals surface area contributed by atoms with Crippen molar-refractivity contribution in [2.24, 2.45) is 4.99 Å². The summed E-state index contributed by atoms with van der Waals surface area (Å²) in [6.45, 7) is 0. The number of cyclic esters (lactones) is 1. The lowest BCUT2D eigenvalue weighted by Gasteiger charge is -2.01. The number of esters is 1. The lowest BCUT2D eigenvalue weighted by Crippen LogP contribution is -2.05. The first-order valence-corrected chi connectivity index (χ1v) is 8.03. The standard InChI is InChI=1S/C18H11BrN2O4/c19-14-9-3-2-8-13(14)17-20-15(18(22)25-17)10-5-7-12-6-1-4-11-16(12)21(23)24/h1-11H/b7-5+,15-10-. The van der Waals surface area contributed by atoms with E-state index < -0.39 is 10.9 Å². The lowest BCUT2D eigenvalue weighted by atomic mass is 10.1. The van der Waals surface area contributed by atoms with Crippen LogP contribution in [0.4, 0.5) is 5.69 Å². The minimum Gasteiger partial charge on any atom is -0.402 e. The van der Waals surface area contributed by atoms with Gasteiger partial charge in [-0.2, -0.15) is 0 Å². The number of allylic oxidation sites excluding steroid dienone is 2. The number of hydrogen-bond acceptors (Lipinski definition) is 5. The second-order valence-corrected chi connectivity index (χ2v) is 5.87. The number of carbonyl (C=O) groups is 1. The fraction of sp³-hybridized carbons (Fsp3) is 0. The maximum atomic E-state index is 11.9. The van der Waals surface area contributed by atoms with Gasteiger partial charge in [-0.05, 0) is 46.3 Å². The third-order valence-electron chi connectivity index (χ3n) is 3.39. The van der Waals surface area contributed by atoms with Crippen molar-refractivity contribution in [3.05, 3.63) is 92.1 Å². The molecule has 0 unspecified atom stereocenters. The van der Waals surface area contributed by atoms with Crippen LogP contribution in [0.1, 0.15) is 11.1 Å². The second kappa shape index (κ2) is 7.23. The predicted octanol–water partition coefficient (Wildman–Crippen LogP) is 4.26. The fourth-order valence-corrected chi connectivity index (χ4v) is 2.67. The molecule has 1 heterocycles. The molecule has 0 bridgehead atoms. The van der Waals surface area contributed by atoms with Gasteiger partial charge < -0.3 is 4.74 Å². The summed E-state index contributed by atoms with van der Waals surface area (Å²) in [6.07, 6.45) is 4.54. The van der Waals surface area contributed by atoms with Crippen LogP contribution in [0.3, 0.4) is 0 Å². The van der Waals surface area contributed by atoms with E-state index in [-0.39, 0.29) is 17.3 Å². The lowest BCUT2D eigenvalue weighted by molar-refractivity contribution is -0.385. The average molecular weight is 399 g/mol. The SMILES string of the molecule is O=C1OC(c2ccccc2Br)=N/C1=C\C=C\c1ccccc1[N+](=O)[O-]. The van der Waals surface area contributed by atoms with Crippen molar-refractivity contribution in [2.75, 3.05) is 0 Å². The van der Waals surface area contributed by atoms with Gasteiger partial charge in [-0.1, -0.05) is 30.3 Å². The highest BCUT2D eigenvalue weighted by atomic mass is 79.9. The van der Waals surface area contributed by atoms with Crippen molar-refractivity contribution in [3.63, 3.8) is 0 Å². The normalized spacial score (nSPS) is 15.5. The van der Waals surface area contributed by atoms with E-state index in [4.69, 9.17) is 4.74 Å². The van der Waals surface area contributed by atoms with Gasteiger partial charge >= 0.3 is 5.97 Å². The minimum atomic E-state index is -0.571. The molecular formula is C18H11BrN2O4. The number of aliphatic imine (C=N–C) groups is 1. The molecule has 0 fully saturated rings. The van der Waals surface area contributed by atoms with Crippen molar-refractivity contribution in [2.45, 2.75) is 0 Å². The first kappa shape index (κ1) is 16.8. The summed E-state index contributed by atoms with van der Waals surface area (Å²) in [4.78, 5) is 26.6. The van der Waals surface area contributed by atoms with E-state index in [9.17, 15) is 14.9 Å². The van der Waals surface area contributed by atoms with Crippen molar-refractivity contribution in [1.82, 2.24) is 0 Å². The Hall–Kier alpha value is -3.06. The van der Waals surface area contributed by atoms with Gasteiger partial charge in [-0.15, -0.1) is 0 Å². The van der Waals surface area contributed by atoms with E-state index in [0.29, 0.717) is 11.1 Å². The molecule has 0 N–H and O–H groups in total. The van der Waals surface area contributed by atoms with Crippen LogP contribution in [-0.2, 0) is 9.53 Å². The average Bonchev–Trinajstić information content (AvgIpc) is 2.96. The molecule has 0 aliphatic carbocycles. The topological polar surface area (TPSA) is 81.8 Å². The maximum absolute atomic E-state index is 11.9. The van der Waals surface area contributed by atoms with Crippen LogP contribution in [0, 0.1) is 10.1 Å². The minimum absolute atomic E-state index is 0.0106. The highest BCUT2D eigenvalue weighted by molar-refractivity contribution is 9.10. The molecule has 7 heteroatoms. The molecule has 0 radical (unpaired) electrons. The zero-order valence-corrected chi connectivity index (χ0v) is 14.3. The second-order valence-electron chi connectivity index (χ2n) is 5.01. The Bertz CT molecular complexity index is 948. The third kappa shape index (κ3) is 3.72. The molecule has 0 saturated carbocycles. The molecule has 25 heavy (non-hydrogen) atoms. The highest BCUT2D eigenvalue weighted by Gasteiger charge is 2.24. The Kier molecular flexibility index (Phi) is 4.85. The predicted molar refractivity (Wildman–Crippen MR) is 97.0 cm³/mol. The third-order valence-corrected chi connectivity index (χ3v) is 4.08. The summed E-state index contributed by atoms with van der Waals surface area (Å²) in [6, 6.07) is 13.6. The largest absolute Gasteiger partial charge is 0.402 e. The van der Waals surface area contributed by atoms with Crippen molar-refractivity contribution in [3.8, 4) is 0 Å². The van der Waals surface area contributed by atoms with Gasteiger partial charge in [0.05, 0.1) is 16.1 Å². The van der Waals surface area contributed by atoms with Crippen LogP contribution in [0.25, 0.3) is 6.08 Å². The number of nitro groups is 1. The summed E-state index contributed by atoms with van der Waals surface area (Å²) < 4.78 is 5.94. The van der Waals surface area contributed by atoms with Gasteiger partial charge in [0.25, 0.3) is 5.69 Å². The number of rotatable bonds is 4. The van der Waals surface area contributed by atoms with E-state index in [0.717, 1.165) is 4.47 Å². The summed E-state index contributed by atoms with van der Waals surface area (Å²) in [5.41, 5.74) is 1.22. The highest BCUT2D eigenvalue weighted by Crippen LogP contribution is 2.23. The Morgan fingerprint density at radius 3 is 2.60 bits per heavy atom. The van der Waals surface area contributed by atoms with E-state index >= 15 is 0 Å². The van der Waals surface area contributed by atoms with Crippen LogP contribution in [0.15, 0.2) is 75.8 Å². The van der Waals surface area contributed by atoms with E-state index in [1.165, 1.54) is 18.2 Å². The summed E-state index contributed by atoms with van der Waals surface area (Å²) >= 11 is 3.38. The molecule has 0 amide bonds. The molecule has 0 aromatic heterocycles. The number of benzene rings is 2. The Balaban J connectivity index is 1.86. The fourth-order valence-electron chi connectivity index (χ4n) is 2.21. The zero-order valence-electron chi connectivity index (χ0n) is 12.8. The Labute approximate surface area is 151 Å². The van der Waals surface area contributed by atoms with Crippen LogP contribution < -0.4 is 0 Å². The van der Waals surface area contributed by atoms with Crippen LogP contribution in [0.2, 0.25) is 0 Å². The number of nitro benzene ring substituents is 1. The molecule has 1 aliphatic heterocycles. The van der Waals surface area contributed by atoms with Gasteiger partial charge in [-0.3, -0.25) is 10.1 Å². The van der Waals surface area contributed by atoms with E-state index in [2.05, 4.69) is 20.9 Å². The number of para-hydroxylation sites is 1. The molecule has 1 aliphatic rings. The zero-order chi connectivity index (χ0) is 17.8. The summed E-state index contributed by atoms with van der Waals surface area (Å²) in [5, 5.41) is 11.0. The van der Waals surface area contributed by atoms with Gasteiger partial charge in [0.15, 0.2) is 5.70 Å². The van der Waals surface area contributed by atoms with E-state index in [1.807, 2.05) is 18.2 Å². The van der Waals surface area contributed by atoms with E-state index in [1.54, 1.807) is 30.3 Å². The van der Waals surface area contributed by atoms with Crippen LogP contribution in [0.5, 0.6) is 0 Å². The summed E-state index contributed by atoms with van der Waals surface area (Å²) in [5.74, 6) is -0.360. The van der Waals surface area contributed by atoms with Crippen molar-refractivity contribution < 1.29 is 14.5 Å². The number of nitrogens with zero attached hydrogens (tertiary/aromatic N) is 2. The van der Waals surface area contributed by atoms with Gasteiger partial charge in [-0.25, -0.2) is 9.79 Å². The molecule has 2 aromatic rings. The number of ether oxygens (including phenoxy) is 1. The molecule has 2 aromatic carbocycles. The van der Waals surface area contributed by atoms with Crippen LogP contribution in [-0.4, -0.2) is 16.8 Å². The molecule has 3 rings (SSSR count). The Morgan fingerprint density at radius 2 is 1.84 bits per heavy atom. The van der Waals surface area contributed by atoms with Gasteiger partial charge in [0, 0.05) is 10.5 Å². The maximum Gasteiger partial charge on any atom is 0.363 e. The van der Waals surface area contributed by atoms with Crippen LogP contribution >= 0.6 is 15.9 Å². The van der Waals surface area contributed by atoms with Crippen molar-refractivity contribution in [1.29, 1.82) is 0 Å². The number of hydrogen-bond donors (Lipinski definition) is 0. The first-order chi connectivity index (χ1) is 12.1. The first-order valence-electron chi connectivity index (χ1n) is 7.24. The molecule has 124 valence electrons. The molecule has 0 saturated heterocycles.